The van der Waals surface area contributed by atoms with Crippen molar-refractivity contribution in [3.05, 3.63) is 12.4 Å². The van der Waals surface area contributed by atoms with Gasteiger partial charge in [-0.05, 0) is 25.7 Å². The predicted molar refractivity (Wildman–Crippen MR) is 98.7 cm³/mol. The Balaban J connectivity index is 1.36. The van der Waals surface area contributed by atoms with Crippen molar-refractivity contribution in [2.24, 2.45) is 13.0 Å². The van der Waals surface area contributed by atoms with E-state index in [2.05, 4.69) is 10.00 Å². The minimum Gasteiger partial charge on any atom is -0.340 e. The summed E-state index contributed by atoms with van der Waals surface area (Å²) in [6.45, 7) is 3.88. The fraction of sp³-hybridized carbons (Fsp3) is 0.737. The van der Waals surface area contributed by atoms with Crippen LogP contribution < -0.4 is 4.90 Å². The Kier molecular flexibility index (Phi) is 4.98. The Morgan fingerprint density at radius 3 is 2.42 bits per heavy atom. The zero-order valence-electron chi connectivity index (χ0n) is 15.6. The van der Waals surface area contributed by atoms with E-state index < -0.39 is 0 Å². The van der Waals surface area contributed by atoms with E-state index in [-0.39, 0.29) is 17.9 Å². The largest absolute Gasteiger partial charge is 0.340 e. The first-order valence-electron chi connectivity index (χ1n) is 9.96. The second kappa shape index (κ2) is 7.39. The average molecular weight is 359 g/mol. The second-order valence-corrected chi connectivity index (χ2v) is 7.86. The first kappa shape index (κ1) is 17.5. The molecule has 1 aromatic rings. The highest BCUT2D eigenvalue weighted by atomic mass is 16.2. The van der Waals surface area contributed by atoms with Crippen LogP contribution in [0.3, 0.4) is 0 Å². The highest BCUT2D eigenvalue weighted by Crippen LogP contribution is 2.28. The Labute approximate surface area is 154 Å². The zero-order valence-corrected chi connectivity index (χ0v) is 15.6. The lowest BCUT2D eigenvalue weighted by atomic mass is 10.0. The second-order valence-electron chi connectivity index (χ2n) is 7.86. The lowest BCUT2D eigenvalue weighted by Crippen LogP contribution is -2.58. The summed E-state index contributed by atoms with van der Waals surface area (Å²) in [5.41, 5.74) is 0.886. The molecule has 3 fully saturated rings. The number of hydrogen-bond acceptors (Lipinski definition) is 4. The summed E-state index contributed by atoms with van der Waals surface area (Å²) in [6.07, 6.45) is 10.1. The van der Waals surface area contributed by atoms with Gasteiger partial charge in [0.15, 0.2) is 0 Å². The molecule has 26 heavy (non-hydrogen) atoms. The number of nitrogens with zero attached hydrogens (tertiary/aromatic N) is 5. The van der Waals surface area contributed by atoms with Crippen molar-refractivity contribution in [2.75, 3.05) is 37.6 Å². The van der Waals surface area contributed by atoms with Gasteiger partial charge < -0.3 is 9.80 Å². The van der Waals surface area contributed by atoms with Crippen LogP contribution >= 0.6 is 0 Å². The van der Waals surface area contributed by atoms with E-state index >= 15 is 0 Å². The van der Waals surface area contributed by atoms with Gasteiger partial charge in [0.2, 0.25) is 11.8 Å². The van der Waals surface area contributed by atoms with Crippen molar-refractivity contribution in [3.8, 4) is 0 Å². The van der Waals surface area contributed by atoms with E-state index in [9.17, 15) is 9.59 Å². The van der Waals surface area contributed by atoms with Crippen molar-refractivity contribution in [2.45, 2.75) is 44.6 Å². The molecule has 0 aromatic carbocycles. The summed E-state index contributed by atoms with van der Waals surface area (Å²) in [6, 6.07) is -0.0623. The molecule has 0 unspecified atom stereocenters. The number of aryl methyl sites for hydroxylation is 1. The molecule has 1 aliphatic carbocycles. The highest BCUT2D eigenvalue weighted by Gasteiger charge is 2.37. The Hall–Kier alpha value is -1.89. The van der Waals surface area contributed by atoms with Crippen LogP contribution in [0.4, 0.5) is 5.69 Å². The van der Waals surface area contributed by atoms with E-state index in [0.717, 1.165) is 64.1 Å². The van der Waals surface area contributed by atoms with Crippen molar-refractivity contribution < 1.29 is 9.59 Å². The molecule has 142 valence electrons. The van der Waals surface area contributed by atoms with Crippen molar-refractivity contribution in [3.63, 3.8) is 0 Å². The molecule has 0 bridgehead atoms. The molecule has 3 aliphatic rings. The Morgan fingerprint density at radius 2 is 1.77 bits per heavy atom. The number of carbonyl (C=O) groups excluding carboxylic acids is 2. The molecule has 1 aromatic heterocycles. The van der Waals surface area contributed by atoms with Crippen LogP contribution in [0.15, 0.2) is 12.4 Å². The molecule has 0 radical (unpaired) electrons. The summed E-state index contributed by atoms with van der Waals surface area (Å²) < 4.78 is 1.74. The maximum atomic E-state index is 13.0. The molecule has 1 saturated carbocycles. The quantitative estimate of drug-likeness (QED) is 0.815. The molecule has 2 aliphatic heterocycles. The molecule has 7 heteroatoms. The van der Waals surface area contributed by atoms with Gasteiger partial charge in [-0.2, -0.15) is 5.10 Å². The number of piperazine rings is 1. The Morgan fingerprint density at radius 1 is 1.04 bits per heavy atom. The van der Waals surface area contributed by atoms with Gasteiger partial charge in [0, 0.05) is 51.9 Å². The lowest BCUT2D eigenvalue weighted by molar-refractivity contribution is -0.138. The first-order valence-corrected chi connectivity index (χ1v) is 9.96. The molecular formula is C19H29N5O2. The summed E-state index contributed by atoms with van der Waals surface area (Å²) in [5.74, 6) is 0.771. The van der Waals surface area contributed by atoms with Gasteiger partial charge in [-0.15, -0.1) is 0 Å². The molecule has 4 rings (SSSR count). The molecule has 2 amide bonds. The summed E-state index contributed by atoms with van der Waals surface area (Å²) >= 11 is 0. The molecule has 0 spiro atoms. The molecular weight excluding hydrogens is 330 g/mol. The van der Waals surface area contributed by atoms with Gasteiger partial charge in [-0.3, -0.25) is 19.2 Å². The van der Waals surface area contributed by atoms with Gasteiger partial charge in [0.05, 0.1) is 17.9 Å². The number of piperidine rings is 1. The summed E-state index contributed by atoms with van der Waals surface area (Å²) in [5, 5.41) is 4.20. The van der Waals surface area contributed by atoms with Crippen LogP contribution in [0, 0.1) is 5.92 Å². The number of carbonyl (C=O) groups is 2. The summed E-state index contributed by atoms with van der Waals surface area (Å²) in [4.78, 5) is 31.8. The van der Waals surface area contributed by atoms with Gasteiger partial charge in [-0.25, -0.2) is 0 Å². The van der Waals surface area contributed by atoms with Gasteiger partial charge >= 0.3 is 0 Å². The zero-order chi connectivity index (χ0) is 18.1. The SMILES string of the molecule is Cn1cc(N2CCC[C@@H](N3CCN(C(=O)C4CCCC4)CC3)C2=O)cn1. The van der Waals surface area contributed by atoms with Crippen LogP contribution in [-0.2, 0) is 16.6 Å². The van der Waals surface area contributed by atoms with E-state index in [0.29, 0.717) is 5.91 Å². The number of aromatic nitrogens is 2. The molecule has 7 nitrogen and oxygen atoms in total. The van der Waals surface area contributed by atoms with E-state index in [1.807, 2.05) is 23.0 Å². The Bertz CT molecular complexity index is 659. The predicted octanol–water partition coefficient (Wildman–Crippen LogP) is 1.25. The average Bonchev–Trinajstić information content (AvgIpc) is 3.33. The lowest BCUT2D eigenvalue weighted by Gasteiger charge is -2.42. The molecule has 1 atom stereocenters. The third kappa shape index (κ3) is 3.37. The van der Waals surface area contributed by atoms with E-state index in [1.54, 1.807) is 10.9 Å². The smallest absolute Gasteiger partial charge is 0.244 e. The fourth-order valence-electron chi connectivity index (χ4n) is 4.68. The summed E-state index contributed by atoms with van der Waals surface area (Å²) in [7, 11) is 1.87. The van der Waals surface area contributed by atoms with E-state index in [4.69, 9.17) is 0 Å². The topological polar surface area (TPSA) is 61.7 Å². The minimum atomic E-state index is -0.0623. The molecule has 0 N–H and O–H groups in total. The monoisotopic (exact) mass is 359 g/mol. The fourth-order valence-corrected chi connectivity index (χ4v) is 4.68. The van der Waals surface area contributed by atoms with Gasteiger partial charge in [0.25, 0.3) is 0 Å². The van der Waals surface area contributed by atoms with E-state index in [1.165, 1.54) is 12.8 Å². The minimum absolute atomic E-state index is 0.0623. The third-order valence-corrected chi connectivity index (χ3v) is 6.18. The first-order chi connectivity index (χ1) is 12.6. The van der Waals surface area contributed by atoms with Gasteiger partial charge in [0.1, 0.15) is 0 Å². The maximum Gasteiger partial charge on any atom is 0.244 e. The highest BCUT2D eigenvalue weighted by molar-refractivity contribution is 5.97. The molecule has 3 heterocycles. The van der Waals surface area contributed by atoms with Crippen LogP contribution in [-0.4, -0.2) is 70.2 Å². The standard InChI is InChI=1S/C19H29N5O2/c1-21-14-16(13-20-21)24-8-4-7-17(19(24)26)22-9-11-23(12-10-22)18(25)15-5-2-3-6-15/h13-15,17H,2-12H2,1H3/t17-/m1/s1. The number of amides is 2. The van der Waals surface area contributed by atoms with Crippen molar-refractivity contribution >= 4 is 17.5 Å². The van der Waals surface area contributed by atoms with Crippen molar-refractivity contribution in [1.82, 2.24) is 19.6 Å². The van der Waals surface area contributed by atoms with Crippen molar-refractivity contribution in [1.29, 1.82) is 0 Å². The van der Waals surface area contributed by atoms with Gasteiger partial charge in [-0.1, -0.05) is 12.8 Å². The van der Waals surface area contributed by atoms with Crippen LogP contribution in [0.5, 0.6) is 0 Å². The number of hydrogen-bond donors (Lipinski definition) is 0. The number of anilines is 1. The third-order valence-electron chi connectivity index (χ3n) is 6.18. The molecule has 2 saturated heterocycles. The van der Waals surface area contributed by atoms with Crippen LogP contribution in [0.25, 0.3) is 0 Å². The maximum absolute atomic E-state index is 13.0. The number of rotatable bonds is 3. The normalized spacial score (nSPS) is 25.9. The van der Waals surface area contributed by atoms with Crippen LogP contribution in [0.1, 0.15) is 38.5 Å². The van der Waals surface area contributed by atoms with Crippen LogP contribution in [0.2, 0.25) is 0 Å².